The molecule has 10 nitrogen and oxygen atoms in total. The molecule has 0 spiro atoms. The van der Waals surface area contributed by atoms with Gasteiger partial charge in [-0.15, -0.1) is 3.97 Å². The lowest BCUT2D eigenvalue weighted by Crippen LogP contribution is -2.39. The van der Waals surface area contributed by atoms with E-state index < -0.39 is 36.7 Å². The van der Waals surface area contributed by atoms with E-state index >= 15 is 0 Å². The molecule has 0 bridgehead atoms. The zero-order chi connectivity index (χ0) is 12.1. The number of imidazole rings is 1. The fourth-order valence-electron chi connectivity index (χ4n) is 1.20. The van der Waals surface area contributed by atoms with Gasteiger partial charge in [0.25, 0.3) is 5.56 Å². The molecular formula is C5H4N4O6S. The van der Waals surface area contributed by atoms with E-state index in [1.165, 1.54) is 0 Å². The van der Waals surface area contributed by atoms with Crippen molar-refractivity contribution >= 4 is 21.5 Å². The Bertz CT molecular complexity index is 832. The second kappa shape index (κ2) is 2.93. The van der Waals surface area contributed by atoms with Crippen LogP contribution in [-0.2, 0) is 10.3 Å². The predicted molar refractivity (Wildman–Crippen MR) is 50.7 cm³/mol. The van der Waals surface area contributed by atoms with Crippen molar-refractivity contribution < 1.29 is 13.0 Å². The van der Waals surface area contributed by atoms with Crippen molar-refractivity contribution in [3.05, 3.63) is 31.3 Å². The zero-order valence-corrected chi connectivity index (χ0v) is 8.16. The van der Waals surface area contributed by atoms with E-state index in [0.29, 0.717) is 0 Å². The summed E-state index contributed by atoms with van der Waals surface area (Å²) in [6.45, 7) is 0. The molecule has 4 N–H and O–H groups in total. The Morgan fingerprint density at radius 1 is 1.06 bits per heavy atom. The molecule has 2 heterocycles. The highest BCUT2D eigenvalue weighted by Gasteiger charge is 2.18. The highest BCUT2D eigenvalue weighted by Crippen LogP contribution is 1.93. The molecule has 0 saturated carbocycles. The van der Waals surface area contributed by atoms with Gasteiger partial charge in [-0.1, -0.05) is 0 Å². The van der Waals surface area contributed by atoms with Crippen molar-refractivity contribution in [3.63, 3.8) is 0 Å². The highest BCUT2D eigenvalue weighted by molar-refractivity contribution is 7.84. The summed E-state index contributed by atoms with van der Waals surface area (Å²) in [5.41, 5.74) is -4.23. The van der Waals surface area contributed by atoms with Gasteiger partial charge in [0.15, 0.2) is 5.52 Å². The van der Waals surface area contributed by atoms with E-state index in [4.69, 9.17) is 4.55 Å². The largest absolute Gasteiger partial charge is 0.370 e. The van der Waals surface area contributed by atoms with Crippen LogP contribution in [0.15, 0.2) is 14.4 Å². The predicted octanol–water partition coefficient (Wildman–Crippen LogP) is -2.64. The van der Waals surface area contributed by atoms with Crippen LogP contribution in [0, 0.1) is 0 Å². The van der Waals surface area contributed by atoms with Crippen LogP contribution in [0.4, 0.5) is 0 Å². The Kier molecular flexibility index (Phi) is 1.90. The number of nitrogens with one attached hydrogen (secondary N) is 3. The van der Waals surface area contributed by atoms with Crippen LogP contribution in [0.25, 0.3) is 11.2 Å². The number of H-pyrrole nitrogens is 3. The number of fused-ring (bicyclic) bond motifs is 1. The smallest absolute Gasteiger partial charge is 0.300 e. The summed E-state index contributed by atoms with van der Waals surface area (Å²) in [6.07, 6.45) is 0. The van der Waals surface area contributed by atoms with Crippen LogP contribution >= 0.6 is 0 Å². The standard InChI is InChI=1S/C5H4N4O6S/c10-3-1-2(7-4(11)6-1)8-5(12)9(3)16(13,14)15/h(H,8,12)(H2,6,7,11)(H,13,14,15). The molecule has 0 fully saturated rings. The van der Waals surface area contributed by atoms with Gasteiger partial charge in [-0.2, -0.15) is 8.42 Å². The van der Waals surface area contributed by atoms with Crippen LogP contribution in [0.3, 0.4) is 0 Å². The quantitative estimate of drug-likeness (QED) is 0.404. The second-order valence-corrected chi connectivity index (χ2v) is 4.07. The van der Waals surface area contributed by atoms with Crippen LogP contribution in [0.5, 0.6) is 0 Å². The maximum Gasteiger partial charge on any atom is 0.370 e. The summed E-state index contributed by atoms with van der Waals surface area (Å²) in [5, 5.41) is 0. The first-order valence-electron chi connectivity index (χ1n) is 3.76. The molecule has 11 heteroatoms. The molecule has 0 amide bonds. The fraction of sp³-hybridized carbons (Fsp3) is 0. The molecule has 0 unspecified atom stereocenters. The molecule has 2 aromatic rings. The zero-order valence-electron chi connectivity index (χ0n) is 7.34. The Balaban J connectivity index is 3.16. The molecule has 0 aliphatic heterocycles. The van der Waals surface area contributed by atoms with Crippen molar-refractivity contribution in [2.45, 2.75) is 0 Å². The van der Waals surface area contributed by atoms with Gasteiger partial charge >= 0.3 is 21.7 Å². The van der Waals surface area contributed by atoms with Gasteiger partial charge in [-0.3, -0.25) is 24.3 Å². The maximum absolute atomic E-state index is 11.4. The Morgan fingerprint density at radius 3 is 2.25 bits per heavy atom. The molecular weight excluding hydrogens is 244 g/mol. The monoisotopic (exact) mass is 248 g/mol. The Hall–Kier alpha value is -2.14. The lowest BCUT2D eigenvalue weighted by molar-refractivity contribution is 0.468. The minimum Gasteiger partial charge on any atom is -0.300 e. The lowest BCUT2D eigenvalue weighted by Gasteiger charge is -1.98. The number of aromatic nitrogens is 4. The molecule has 2 rings (SSSR count). The van der Waals surface area contributed by atoms with Gasteiger partial charge in [0, 0.05) is 0 Å². The van der Waals surface area contributed by atoms with Crippen molar-refractivity contribution in [2.24, 2.45) is 0 Å². The molecule has 0 atom stereocenters. The number of hydrogen-bond acceptors (Lipinski definition) is 5. The lowest BCUT2D eigenvalue weighted by atomic mass is 10.5. The average molecular weight is 248 g/mol. The summed E-state index contributed by atoms with van der Waals surface area (Å²) in [7, 11) is -5.02. The minimum atomic E-state index is -5.02. The van der Waals surface area contributed by atoms with Crippen LogP contribution in [-0.4, -0.2) is 31.9 Å². The number of rotatable bonds is 1. The first-order chi connectivity index (χ1) is 7.30. The Morgan fingerprint density at radius 2 is 1.69 bits per heavy atom. The van der Waals surface area contributed by atoms with Crippen LogP contribution < -0.4 is 16.9 Å². The van der Waals surface area contributed by atoms with Gasteiger partial charge in [0.1, 0.15) is 5.65 Å². The van der Waals surface area contributed by atoms with Crippen molar-refractivity contribution in [2.75, 3.05) is 0 Å². The van der Waals surface area contributed by atoms with Crippen LogP contribution in [0.1, 0.15) is 0 Å². The number of aromatic amines is 3. The van der Waals surface area contributed by atoms with E-state index in [1.807, 2.05) is 9.97 Å². The SMILES string of the molecule is O=c1[nH]c2[nH]c(=O)n(S(=O)(=O)O)c(=O)c2[nH]1. The van der Waals surface area contributed by atoms with E-state index in [-0.39, 0.29) is 5.65 Å². The summed E-state index contributed by atoms with van der Waals surface area (Å²) < 4.78 is 29.7. The topological polar surface area (TPSA) is 158 Å². The third-order valence-electron chi connectivity index (χ3n) is 1.77. The van der Waals surface area contributed by atoms with Crippen molar-refractivity contribution in [1.29, 1.82) is 0 Å². The summed E-state index contributed by atoms with van der Waals surface area (Å²) in [4.78, 5) is 39.3. The molecule has 0 aliphatic rings. The first kappa shape index (κ1) is 10.4. The maximum atomic E-state index is 11.4. The highest BCUT2D eigenvalue weighted by atomic mass is 32.2. The summed E-state index contributed by atoms with van der Waals surface area (Å²) in [5.74, 6) is 0. The Labute approximate surface area is 85.4 Å². The normalized spacial score (nSPS) is 12.1. The number of hydrogen-bond donors (Lipinski definition) is 4. The molecule has 0 saturated heterocycles. The van der Waals surface area contributed by atoms with Crippen molar-refractivity contribution in [3.8, 4) is 0 Å². The summed E-state index contributed by atoms with van der Waals surface area (Å²) >= 11 is 0. The van der Waals surface area contributed by atoms with Gasteiger partial charge in [0.2, 0.25) is 0 Å². The van der Waals surface area contributed by atoms with E-state index in [9.17, 15) is 22.8 Å². The van der Waals surface area contributed by atoms with Gasteiger partial charge < -0.3 is 0 Å². The molecule has 2 aromatic heterocycles. The number of nitrogens with zero attached hydrogens (tertiary/aromatic N) is 1. The van der Waals surface area contributed by atoms with E-state index in [0.717, 1.165) is 0 Å². The molecule has 0 radical (unpaired) electrons. The van der Waals surface area contributed by atoms with Crippen molar-refractivity contribution in [1.82, 2.24) is 18.9 Å². The fourth-order valence-corrected chi connectivity index (χ4v) is 1.75. The third-order valence-corrected chi connectivity index (χ3v) is 2.57. The van der Waals surface area contributed by atoms with Gasteiger partial charge in [0.05, 0.1) is 0 Å². The minimum absolute atomic E-state index is 0.250. The summed E-state index contributed by atoms with van der Waals surface area (Å²) in [6, 6.07) is 0. The van der Waals surface area contributed by atoms with Gasteiger partial charge in [-0.05, 0) is 0 Å². The third kappa shape index (κ3) is 1.38. The van der Waals surface area contributed by atoms with E-state index in [2.05, 4.69) is 4.98 Å². The molecule has 0 aromatic carbocycles. The average Bonchev–Trinajstić information content (AvgIpc) is 2.43. The molecule has 16 heavy (non-hydrogen) atoms. The molecule has 0 aliphatic carbocycles. The van der Waals surface area contributed by atoms with Crippen LogP contribution in [0.2, 0.25) is 0 Å². The van der Waals surface area contributed by atoms with E-state index in [1.54, 1.807) is 0 Å². The van der Waals surface area contributed by atoms with Gasteiger partial charge in [-0.25, -0.2) is 9.59 Å². The first-order valence-corrected chi connectivity index (χ1v) is 5.16. The second-order valence-electron chi connectivity index (χ2n) is 2.81. The molecule has 86 valence electrons.